The van der Waals surface area contributed by atoms with E-state index in [0.29, 0.717) is 25.0 Å². The van der Waals surface area contributed by atoms with Gasteiger partial charge < -0.3 is 4.74 Å². The molecule has 17 heavy (non-hydrogen) atoms. The normalized spacial score (nSPS) is 12.9. The van der Waals surface area contributed by atoms with Crippen LogP contribution in [-0.2, 0) is 9.53 Å². The molecule has 0 saturated heterocycles. The third kappa shape index (κ3) is 7.78. The maximum atomic E-state index is 11.9. The summed E-state index contributed by atoms with van der Waals surface area (Å²) in [4.78, 5) is 11.9. The molecule has 0 radical (unpaired) electrons. The molecular weight excluding hydrogens is 212 g/mol. The Morgan fingerprint density at radius 1 is 1.41 bits per heavy atom. The molecule has 0 bridgehead atoms. The van der Waals surface area contributed by atoms with Gasteiger partial charge in [0.25, 0.3) is 0 Å². The summed E-state index contributed by atoms with van der Waals surface area (Å²) in [6.07, 6.45) is 4.61. The molecule has 0 fully saturated rings. The Morgan fingerprint density at radius 3 is 2.41 bits per heavy atom. The molecule has 0 N–H and O–H groups in total. The van der Waals surface area contributed by atoms with E-state index in [9.17, 15) is 4.79 Å². The van der Waals surface area contributed by atoms with Gasteiger partial charge in [0.1, 0.15) is 11.4 Å². The Bertz CT molecular complexity index is 271. The molecule has 0 aromatic heterocycles. The second-order valence-electron chi connectivity index (χ2n) is 5.39. The maximum Gasteiger partial charge on any atom is 0.136 e. The summed E-state index contributed by atoms with van der Waals surface area (Å²) in [6, 6.07) is 0. The van der Waals surface area contributed by atoms with Gasteiger partial charge in [-0.3, -0.25) is 4.79 Å². The van der Waals surface area contributed by atoms with E-state index >= 15 is 0 Å². The van der Waals surface area contributed by atoms with Gasteiger partial charge in [0.2, 0.25) is 0 Å². The maximum absolute atomic E-state index is 11.9. The molecule has 0 saturated carbocycles. The second-order valence-corrected chi connectivity index (χ2v) is 5.39. The standard InChI is InChI=1S/C15H26O2/c1-7-9-13(14(16)10-8-2)11-12(3)17-15(4,5)6/h7,13H,1,3,8-11H2,2,4-6H3. The first kappa shape index (κ1) is 16.0. The van der Waals surface area contributed by atoms with E-state index in [0.717, 1.165) is 6.42 Å². The fourth-order valence-corrected chi connectivity index (χ4v) is 1.73. The quantitative estimate of drug-likeness (QED) is 0.466. The molecule has 0 spiro atoms. The Morgan fingerprint density at radius 2 is 2.00 bits per heavy atom. The number of Topliss-reactive ketones (excluding diaryl/α,β-unsaturated/α-hetero) is 1. The van der Waals surface area contributed by atoms with Crippen molar-refractivity contribution < 1.29 is 9.53 Å². The fraction of sp³-hybridized carbons (Fsp3) is 0.667. The van der Waals surface area contributed by atoms with Gasteiger partial charge in [0.15, 0.2) is 0 Å². The molecule has 98 valence electrons. The lowest BCUT2D eigenvalue weighted by molar-refractivity contribution is -0.123. The topological polar surface area (TPSA) is 26.3 Å². The number of rotatable bonds is 8. The molecule has 0 aromatic carbocycles. The zero-order chi connectivity index (χ0) is 13.5. The van der Waals surface area contributed by atoms with Crippen LogP contribution in [0.5, 0.6) is 0 Å². The average molecular weight is 238 g/mol. The second kappa shape index (κ2) is 7.31. The molecule has 2 heteroatoms. The predicted molar refractivity (Wildman–Crippen MR) is 72.8 cm³/mol. The van der Waals surface area contributed by atoms with Crippen molar-refractivity contribution in [3.8, 4) is 0 Å². The van der Waals surface area contributed by atoms with Crippen LogP contribution in [0.2, 0.25) is 0 Å². The van der Waals surface area contributed by atoms with Gasteiger partial charge in [-0.2, -0.15) is 0 Å². The summed E-state index contributed by atoms with van der Waals surface area (Å²) >= 11 is 0. The smallest absolute Gasteiger partial charge is 0.136 e. The largest absolute Gasteiger partial charge is 0.493 e. The van der Waals surface area contributed by atoms with Crippen molar-refractivity contribution in [1.29, 1.82) is 0 Å². The van der Waals surface area contributed by atoms with E-state index in [1.807, 2.05) is 27.7 Å². The first-order valence-electron chi connectivity index (χ1n) is 6.30. The minimum atomic E-state index is -0.246. The molecule has 1 atom stereocenters. The zero-order valence-corrected chi connectivity index (χ0v) is 11.7. The van der Waals surface area contributed by atoms with Gasteiger partial charge in [0.05, 0.1) is 5.76 Å². The Labute approximate surface area is 106 Å². The Balaban J connectivity index is 4.39. The summed E-state index contributed by atoms with van der Waals surface area (Å²) in [5.74, 6) is 0.946. The van der Waals surface area contributed by atoms with Crippen molar-refractivity contribution in [3.63, 3.8) is 0 Å². The SMILES string of the molecule is C=CCC(CC(=C)OC(C)(C)C)C(=O)CCC. The summed E-state index contributed by atoms with van der Waals surface area (Å²) in [5.41, 5.74) is -0.246. The highest BCUT2D eigenvalue weighted by Gasteiger charge is 2.20. The third-order valence-electron chi connectivity index (χ3n) is 2.33. The lowest BCUT2D eigenvalue weighted by atomic mass is 9.93. The highest BCUT2D eigenvalue weighted by molar-refractivity contribution is 5.81. The van der Waals surface area contributed by atoms with E-state index in [1.54, 1.807) is 6.08 Å². The van der Waals surface area contributed by atoms with Crippen LogP contribution in [0.25, 0.3) is 0 Å². The predicted octanol–water partition coefficient (Wildman–Crippen LogP) is 4.27. The Hall–Kier alpha value is -1.05. The molecule has 0 amide bonds. The van der Waals surface area contributed by atoms with Crippen molar-refractivity contribution in [2.45, 2.75) is 59.0 Å². The van der Waals surface area contributed by atoms with Crippen molar-refractivity contribution in [2.24, 2.45) is 5.92 Å². The zero-order valence-electron chi connectivity index (χ0n) is 11.7. The van der Waals surface area contributed by atoms with E-state index in [2.05, 4.69) is 13.2 Å². The summed E-state index contributed by atoms with van der Waals surface area (Å²) in [7, 11) is 0. The minimum Gasteiger partial charge on any atom is -0.493 e. The molecule has 2 nitrogen and oxygen atoms in total. The summed E-state index contributed by atoms with van der Waals surface area (Å²) in [5, 5.41) is 0. The molecule has 0 rings (SSSR count). The van der Waals surface area contributed by atoms with Crippen LogP contribution in [0.4, 0.5) is 0 Å². The lowest BCUT2D eigenvalue weighted by Crippen LogP contribution is -2.21. The molecular formula is C15H26O2. The molecule has 0 aliphatic rings. The van der Waals surface area contributed by atoms with Gasteiger partial charge >= 0.3 is 0 Å². The first-order valence-corrected chi connectivity index (χ1v) is 6.30. The number of hydrogen-bond acceptors (Lipinski definition) is 2. The molecule has 0 aliphatic heterocycles. The highest BCUT2D eigenvalue weighted by Crippen LogP contribution is 2.22. The van der Waals surface area contributed by atoms with Gasteiger partial charge in [-0.05, 0) is 33.6 Å². The first-order chi connectivity index (χ1) is 7.80. The molecule has 0 aliphatic carbocycles. The van der Waals surface area contributed by atoms with Gasteiger partial charge in [-0.1, -0.05) is 19.6 Å². The lowest BCUT2D eigenvalue weighted by Gasteiger charge is -2.24. The van der Waals surface area contributed by atoms with Gasteiger partial charge in [0, 0.05) is 18.8 Å². The van der Waals surface area contributed by atoms with Crippen molar-refractivity contribution in [1.82, 2.24) is 0 Å². The highest BCUT2D eigenvalue weighted by atomic mass is 16.5. The number of ether oxygens (including phenoxy) is 1. The van der Waals surface area contributed by atoms with E-state index in [4.69, 9.17) is 4.74 Å². The van der Waals surface area contributed by atoms with Crippen LogP contribution in [0.1, 0.15) is 53.4 Å². The number of carbonyl (C=O) groups excluding carboxylic acids is 1. The fourth-order valence-electron chi connectivity index (χ4n) is 1.73. The van der Waals surface area contributed by atoms with Crippen LogP contribution in [-0.4, -0.2) is 11.4 Å². The molecule has 1 unspecified atom stereocenters. The monoisotopic (exact) mass is 238 g/mol. The van der Waals surface area contributed by atoms with E-state index < -0.39 is 0 Å². The summed E-state index contributed by atoms with van der Waals surface area (Å²) in [6.45, 7) is 15.6. The van der Waals surface area contributed by atoms with Crippen molar-refractivity contribution in [2.75, 3.05) is 0 Å². The van der Waals surface area contributed by atoms with E-state index in [1.165, 1.54) is 0 Å². The van der Waals surface area contributed by atoms with Crippen molar-refractivity contribution >= 4 is 5.78 Å². The van der Waals surface area contributed by atoms with Crippen molar-refractivity contribution in [3.05, 3.63) is 25.0 Å². The Kier molecular flexibility index (Phi) is 6.86. The average Bonchev–Trinajstić information content (AvgIpc) is 2.14. The number of allylic oxidation sites excluding steroid dienone is 2. The number of hydrogen-bond donors (Lipinski definition) is 0. The third-order valence-corrected chi connectivity index (χ3v) is 2.33. The summed E-state index contributed by atoms with van der Waals surface area (Å²) < 4.78 is 5.66. The van der Waals surface area contributed by atoms with Gasteiger partial charge in [-0.15, -0.1) is 6.58 Å². The number of carbonyl (C=O) groups is 1. The van der Waals surface area contributed by atoms with Gasteiger partial charge in [-0.25, -0.2) is 0 Å². The minimum absolute atomic E-state index is 0.0256. The van der Waals surface area contributed by atoms with E-state index in [-0.39, 0.29) is 17.3 Å². The molecule has 0 aromatic rings. The van der Waals surface area contributed by atoms with Crippen LogP contribution in [0.3, 0.4) is 0 Å². The number of ketones is 1. The van der Waals surface area contributed by atoms with Crippen LogP contribution in [0, 0.1) is 5.92 Å². The molecule has 0 heterocycles. The van der Waals surface area contributed by atoms with Crippen LogP contribution in [0.15, 0.2) is 25.0 Å². The van der Waals surface area contributed by atoms with Crippen LogP contribution < -0.4 is 0 Å². The van der Waals surface area contributed by atoms with Crippen LogP contribution >= 0.6 is 0 Å².